The highest BCUT2D eigenvalue weighted by Crippen LogP contribution is 2.43. The number of carboxylic acid groups (broad SMARTS) is 1. The normalized spacial score (nSPS) is 18.3. The molecule has 31 heavy (non-hydrogen) atoms. The number of ether oxygens (including phenoxy) is 1. The van der Waals surface area contributed by atoms with Gasteiger partial charge in [-0.1, -0.05) is 13.8 Å². The Balaban J connectivity index is 1.43. The quantitative estimate of drug-likeness (QED) is 0.583. The van der Waals surface area contributed by atoms with Crippen LogP contribution in [0.5, 0.6) is 0 Å². The highest BCUT2D eigenvalue weighted by Gasteiger charge is 2.33. The Morgan fingerprint density at radius 1 is 1.19 bits per heavy atom. The molecule has 0 bridgehead atoms. The highest BCUT2D eigenvalue weighted by molar-refractivity contribution is 7.17. The zero-order chi connectivity index (χ0) is 22.0. The Morgan fingerprint density at radius 2 is 1.90 bits per heavy atom. The van der Waals surface area contributed by atoms with Crippen LogP contribution in [0.1, 0.15) is 64.3 Å². The minimum absolute atomic E-state index is 0.0764. The topological polar surface area (TPSA) is 87.7 Å². The monoisotopic (exact) mass is 442 g/mol. The number of aryl methyl sites for hydroxylation is 1. The molecule has 0 unspecified atom stereocenters. The molecule has 2 aliphatic rings. The number of nitrogens with one attached hydrogen (secondary N) is 2. The molecule has 1 saturated heterocycles. The summed E-state index contributed by atoms with van der Waals surface area (Å²) in [5, 5.41) is 16.5. The molecular weight excluding hydrogens is 412 g/mol. The standard InChI is InChI=1S/C24H30N2O4S/c1-24(2)10-7-19-18(13-24)20(23(28)29)22(31-19)26-21(27)16-3-5-17(6-4-16)25-14-15-8-11-30-12-9-15/h3-6,15,25H,7-14H2,1-2H3,(H,26,27)(H,28,29). The number of fused-ring (bicyclic) bond motifs is 1. The Morgan fingerprint density at radius 3 is 2.58 bits per heavy atom. The second-order valence-corrected chi connectivity index (χ2v) is 10.4. The summed E-state index contributed by atoms with van der Waals surface area (Å²) in [7, 11) is 0. The van der Waals surface area contributed by atoms with Crippen LogP contribution in [0.2, 0.25) is 0 Å². The van der Waals surface area contributed by atoms with Crippen LogP contribution in [-0.2, 0) is 17.6 Å². The molecule has 3 N–H and O–H groups in total. The van der Waals surface area contributed by atoms with Crippen LogP contribution in [0.4, 0.5) is 10.7 Å². The lowest BCUT2D eigenvalue weighted by Gasteiger charge is -2.29. The van der Waals surface area contributed by atoms with Gasteiger partial charge in [0.1, 0.15) is 5.00 Å². The van der Waals surface area contributed by atoms with Gasteiger partial charge in [0.05, 0.1) is 5.56 Å². The van der Waals surface area contributed by atoms with E-state index in [0.29, 0.717) is 16.5 Å². The first-order valence-corrected chi connectivity index (χ1v) is 11.7. The molecule has 7 heteroatoms. The third-order valence-electron chi connectivity index (χ3n) is 6.30. The Hall–Kier alpha value is -2.38. The van der Waals surface area contributed by atoms with Gasteiger partial charge in [0.25, 0.3) is 5.91 Å². The van der Waals surface area contributed by atoms with E-state index in [-0.39, 0.29) is 16.9 Å². The van der Waals surface area contributed by atoms with Crippen molar-refractivity contribution in [1.29, 1.82) is 0 Å². The number of carbonyl (C=O) groups excluding carboxylic acids is 1. The molecule has 2 aromatic rings. The third-order valence-corrected chi connectivity index (χ3v) is 7.51. The molecule has 166 valence electrons. The van der Waals surface area contributed by atoms with E-state index < -0.39 is 5.97 Å². The molecule has 0 atom stereocenters. The zero-order valence-electron chi connectivity index (χ0n) is 18.1. The first-order chi connectivity index (χ1) is 14.8. The maximum Gasteiger partial charge on any atom is 0.339 e. The third kappa shape index (κ3) is 5.10. The van der Waals surface area contributed by atoms with Crippen molar-refractivity contribution in [1.82, 2.24) is 0 Å². The number of amides is 1. The predicted molar refractivity (Wildman–Crippen MR) is 124 cm³/mol. The van der Waals surface area contributed by atoms with Gasteiger partial charge < -0.3 is 20.5 Å². The molecule has 1 aromatic heterocycles. The van der Waals surface area contributed by atoms with Gasteiger partial charge in [-0.3, -0.25) is 4.79 Å². The van der Waals surface area contributed by atoms with Crippen molar-refractivity contribution >= 4 is 33.9 Å². The molecule has 1 aliphatic carbocycles. The van der Waals surface area contributed by atoms with Gasteiger partial charge in [0.2, 0.25) is 0 Å². The molecule has 1 amide bonds. The summed E-state index contributed by atoms with van der Waals surface area (Å²) in [6.07, 6.45) is 4.75. The second-order valence-electron chi connectivity index (χ2n) is 9.32. The van der Waals surface area contributed by atoms with Crippen molar-refractivity contribution in [3.05, 3.63) is 45.8 Å². The Bertz CT molecular complexity index is 959. The van der Waals surface area contributed by atoms with Crippen LogP contribution in [0.15, 0.2) is 24.3 Å². The number of carboxylic acids is 1. The van der Waals surface area contributed by atoms with Crippen LogP contribution >= 0.6 is 11.3 Å². The van der Waals surface area contributed by atoms with Gasteiger partial charge in [0, 0.05) is 35.9 Å². The number of hydrogen-bond acceptors (Lipinski definition) is 5. The highest BCUT2D eigenvalue weighted by atomic mass is 32.1. The number of rotatable bonds is 6. The SMILES string of the molecule is CC1(C)CCc2sc(NC(=O)c3ccc(NCC4CCOCC4)cc3)c(C(=O)O)c2C1. The summed E-state index contributed by atoms with van der Waals surface area (Å²) < 4.78 is 5.39. The molecule has 4 rings (SSSR count). The first-order valence-electron chi connectivity index (χ1n) is 10.9. The number of carbonyl (C=O) groups is 2. The number of thiophene rings is 1. The Kier molecular flexibility index (Phi) is 6.34. The minimum atomic E-state index is -0.974. The minimum Gasteiger partial charge on any atom is -0.478 e. The summed E-state index contributed by atoms with van der Waals surface area (Å²) in [5.74, 6) is -0.643. The molecule has 0 radical (unpaired) electrons. The molecule has 6 nitrogen and oxygen atoms in total. The van der Waals surface area contributed by atoms with Crippen molar-refractivity contribution in [3.63, 3.8) is 0 Å². The molecule has 1 aromatic carbocycles. The van der Waals surface area contributed by atoms with Crippen molar-refractivity contribution in [2.45, 2.75) is 46.0 Å². The molecule has 0 spiro atoms. The van der Waals surface area contributed by atoms with E-state index in [1.165, 1.54) is 11.3 Å². The lowest BCUT2D eigenvalue weighted by Crippen LogP contribution is -2.22. The van der Waals surface area contributed by atoms with Crippen LogP contribution in [-0.4, -0.2) is 36.7 Å². The zero-order valence-corrected chi connectivity index (χ0v) is 18.9. The van der Waals surface area contributed by atoms with Crippen molar-refractivity contribution in [2.24, 2.45) is 11.3 Å². The number of hydrogen-bond donors (Lipinski definition) is 3. The van der Waals surface area contributed by atoms with Gasteiger partial charge in [-0.15, -0.1) is 11.3 Å². The van der Waals surface area contributed by atoms with Gasteiger partial charge in [-0.05, 0) is 73.3 Å². The maximum atomic E-state index is 12.8. The van der Waals surface area contributed by atoms with Gasteiger partial charge in [0.15, 0.2) is 0 Å². The largest absolute Gasteiger partial charge is 0.478 e. The molecule has 0 saturated carbocycles. The summed E-state index contributed by atoms with van der Waals surface area (Å²) in [6, 6.07) is 7.35. The Labute approximate surface area is 187 Å². The van der Waals surface area contributed by atoms with Gasteiger partial charge >= 0.3 is 5.97 Å². The van der Waals surface area contributed by atoms with Crippen LogP contribution < -0.4 is 10.6 Å². The fraction of sp³-hybridized carbons (Fsp3) is 0.500. The molecular formula is C24H30N2O4S. The molecule has 1 aliphatic heterocycles. The summed E-state index contributed by atoms with van der Waals surface area (Å²) in [4.78, 5) is 25.9. The number of aromatic carboxylic acids is 1. The van der Waals surface area contributed by atoms with E-state index >= 15 is 0 Å². The van der Waals surface area contributed by atoms with Crippen molar-refractivity contribution in [3.8, 4) is 0 Å². The summed E-state index contributed by atoms with van der Waals surface area (Å²) >= 11 is 1.41. The molecule has 2 heterocycles. The molecule has 1 fully saturated rings. The van der Waals surface area contributed by atoms with E-state index in [1.54, 1.807) is 12.1 Å². The van der Waals surface area contributed by atoms with Crippen LogP contribution in [0, 0.1) is 11.3 Å². The lowest BCUT2D eigenvalue weighted by atomic mass is 9.76. The summed E-state index contributed by atoms with van der Waals surface area (Å²) in [6.45, 7) is 6.87. The van der Waals surface area contributed by atoms with Crippen molar-refractivity contribution < 1.29 is 19.4 Å². The smallest absolute Gasteiger partial charge is 0.339 e. The van der Waals surface area contributed by atoms with E-state index in [2.05, 4.69) is 24.5 Å². The van der Waals surface area contributed by atoms with E-state index in [9.17, 15) is 14.7 Å². The van der Waals surface area contributed by atoms with Gasteiger partial charge in [-0.2, -0.15) is 0 Å². The van der Waals surface area contributed by atoms with E-state index in [0.717, 1.165) is 68.0 Å². The number of benzene rings is 1. The fourth-order valence-corrected chi connectivity index (χ4v) is 5.57. The predicted octanol–water partition coefficient (Wildman–Crippen LogP) is 5.05. The van der Waals surface area contributed by atoms with E-state index in [1.807, 2.05) is 12.1 Å². The van der Waals surface area contributed by atoms with Gasteiger partial charge in [-0.25, -0.2) is 4.79 Å². The van der Waals surface area contributed by atoms with Crippen LogP contribution in [0.3, 0.4) is 0 Å². The van der Waals surface area contributed by atoms with Crippen LogP contribution in [0.25, 0.3) is 0 Å². The average Bonchev–Trinajstić information content (AvgIpc) is 3.09. The fourth-order valence-electron chi connectivity index (χ4n) is 4.36. The van der Waals surface area contributed by atoms with Crippen molar-refractivity contribution in [2.75, 3.05) is 30.4 Å². The first kappa shape index (κ1) is 21.8. The maximum absolute atomic E-state index is 12.8. The number of anilines is 2. The average molecular weight is 443 g/mol. The van der Waals surface area contributed by atoms with E-state index in [4.69, 9.17) is 4.74 Å². The second kappa shape index (κ2) is 9.01. The summed E-state index contributed by atoms with van der Waals surface area (Å²) in [5.41, 5.74) is 2.71. The lowest BCUT2D eigenvalue weighted by molar-refractivity contribution is 0.0694.